The summed E-state index contributed by atoms with van der Waals surface area (Å²) in [4.78, 5) is 11.7. The van der Waals surface area contributed by atoms with Crippen LogP contribution in [0.4, 0.5) is 8.78 Å². The van der Waals surface area contributed by atoms with Gasteiger partial charge in [-0.25, -0.2) is 8.78 Å². The summed E-state index contributed by atoms with van der Waals surface area (Å²) >= 11 is 4.70. The second-order valence-corrected chi connectivity index (χ2v) is 8.98. The highest BCUT2D eigenvalue weighted by molar-refractivity contribution is 7.81. The van der Waals surface area contributed by atoms with Gasteiger partial charge in [0.05, 0.1) is 12.7 Å². The van der Waals surface area contributed by atoms with E-state index in [1.54, 1.807) is 0 Å². The smallest absolute Gasteiger partial charge is 0.217 e. The Kier molecular flexibility index (Phi) is 8.37. The van der Waals surface area contributed by atoms with Gasteiger partial charge in [0, 0.05) is 48.9 Å². The van der Waals surface area contributed by atoms with Gasteiger partial charge >= 0.3 is 0 Å². The highest BCUT2D eigenvalue weighted by Crippen LogP contribution is 2.35. The number of hydrogen-bond acceptors (Lipinski definition) is 5. The fourth-order valence-corrected chi connectivity index (χ4v) is 4.15. The molecule has 1 heterocycles. The van der Waals surface area contributed by atoms with Crippen molar-refractivity contribution in [2.45, 2.75) is 57.1 Å². The molecule has 32 heavy (non-hydrogen) atoms. The van der Waals surface area contributed by atoms with Crippen molar-refractivity contribution >= 4 is 18.5 Å². The van der Waals surface area contributed by atoms with Crippen LogP contribution in [0, 0.1) is 11.6 Å². The number of carbonyl (C=O) groups is 1. The zero-order valence-corrected chi connectivity index (χ0v) is 19.4. The SMILES string of the molecule is CC(=O)N[C@@H](Cc1cc(F)cc(F)c1)[C@H](S)CN[C@@H]1CCOc2ccc(OC(C)C)cc21. The van der Waals surface area contributed by atoms with Gasteiger partial charge < -0.3 is 20.1 Å². The maximum atomic E-state index is 13.6. The highest BCUT2D eigenvalue weighted by Gasteiger charge is 2.25. The van der Waals surface area contributed by atoms with Crippen molar-refractivity contribution in [2.75, 3.05) is 13.2 Å². The number of nitrogens with one attached hydrogen (secondary N) is 2. The van der Waals surface area contributed by atoms with Gasteiger partial charge in [0.1, 0.15) is 23.1 Å². The van der Waals surface area contributed by atoms with E-state index in [1.165, 1.54) is 19.1 Å². The molecule has 3 atom stereocenters. The summed E-state index contributed by atoms with van der Waals surface area (Å²) in [6.07, 6.45) is 1.11. The van der Waals surface area contributed by atoms with Crippen LogP contribution in [0.15, 0.2) is 36.4 Å². The van der Waals surface area contributed by atoms with E-state index < -0.39 is 17.7 Å². The largest absolute Gasteiger partial charge is 0.493 e. The number of amides is 1. The maximum absolute atomic E-state index is 13.6. The van der Waals surface area contributed by atoms with Crippen molar-refractivity contribution in [3.8, 4) is 11.5 Å². The van der Waals surface area contributed by atoms with Crippen molar-refractivity contribution in [3.05, 3.63) is 59.2 Å². The van der Waals surface area contributed by atoms with E-state index >= 15 is 0 Å². The van der Waals surface area contributed by atoms with Gasteiger partial charge in [0.25, 0.3) is 0 Å². The minimum atomic E-state index is -0.645. The molecule has 8 heteroatoms. The number of ether oxygens (including phenoxy) is 2. The van der Waals surface area contributed by atoms with Gasteiger partial charge in [-0.2, -0.15) is 12.6 Å². The summed E-state index contributed by atoms with van der Waals surface area (Å²) in [5.41, 5.74) is 1.48. The standard InChI is InChI=1S/C24H30F2N2O3S/c1-14(2)31-19-4-5-23-20(12-19)21(6-7-30-23)27-13-24(32)22(28-15(3)29)10-16-8-17(25)11-18(26)9-16/h4-5,8-9,11-12,14,21-22,24,27,32H,6-7,10,13H2,1-3H3,(H,28,29)/t21-,22+,24-/m1/s1. The quantitative estimate of drug-likeness (QED) is 0.487. The van der Waals surface area contributed by atoms with E-state index in [9.17, 15) is 13.6 Å². The molecule has 0 bridgehead atoms. The summed E-state index contributed by atoms with van der Waals surface area (Å²) < 4.78 is 38.8. The normalized spacial score (nSPS) is 17.3. The number of halogens is 2. The molecule has 0 aliphatic carbocycles. The average molecular weight is 465 g/mol. The van der Waals surface area contributed by atoms with Crippen LogP contribution in [0.25, 0.3) is 0 Å². The highest BCUT2D eigenvalue weighted by atomic mass is 32.1. The Morgan fingerprint density at radius 2 is 1.94 bits per heavy atom. The Bertz CT molecular complexity index is 921. The molecule has 0 saturated heterocycles. The Morgan fingerprint density at radius 3 is 2.59 bits per heavy atom. The number of fused-ring (bicyclic) bond motifs is 1. The predicted octanol–water partition coefficient (Wildman–Crippen LogP) is 4.21. The molecule has 0 aromatic heterocycles. The summed E-state index contributed by atoms with van der Waals surface area (Å²) in [6.45, 7) is 6.43. The average Bonchev–Trinajstić information content (AvgIpc) is 2.70. The van der Waals surface area contributed by atoms with Gasteiger partial charge in [-0.3, -0.25) is 4.79 Å². The lowest BCUT2D eigenvalue weighted by molar-refractivity contribution is -0.119. The van der Waals surface area contributed by atoms with E-state index in [2.05, 4.69) is 10.6 Å². The van der Waals surface area contributed by atoms with E-state index in [0.717, 1.165) is 29.5 Å². The number of carbonyl (C=O) groups excluding carboxylic acids is 1. The van der Waals surface area contributed by atoms with E-state index in [4.69, 9.17) is 22.1 Å². The molecule has 1 aliphatic heterocycles. The molecule has 0 radical (unpaired) electrons. The molecule has 2 aromatic carbocycles. The lowest BCUT2D eigenvalue weighted by Gasteiger charge is -2.30. The Balaban J connectivity index is 1.69. The number of hydrogen-bond donors (Lipinski definition) is 3. The van der Waals surface area contributed by atoms with Crippen molar-refractivity contribution in [3.63, 3.8) is 0 Å². The van der Waals surface area contributed by atoms with Crippen molar-refractivity contribution in [2.24, 2.45) is 0 Å². The summed E-state index contributed by atoms with van der Waals surface area (Å²) in [7, 11) is 0. The zero-order valence-electron chi connectivity index (χ0n) is 18.5. The first kappa shape index (κ1) is 24.3. The van der Waals surface area contributed by atoms with Crippen LogP contribution < -0.4 is 20.1 Å². The lowest BCUT2D eigenvalue weighted by atomic mass is 9.98. The van der Waals surface area contributed by atoms with E-state index in [-0.39, 0.29) is 29.7 Å². The fourth-order valence-electron chi connectivity index (χ4n) is 3.86. The number of rotatable bonds is 9. The minimum absolute atomic E-state index is 0.0358. The molecular formula is C24H30F2N2O3S. The van der Waals surface area contributed by atoms with Crippen LogP contribution in [-0.4, -0.2) is 36.5 Å². The first-order valence-electron chi connectivity index (χ1n) is 10.8. The molecule has 0 fully saturated rings. The third-order valence-electron chi connectivity index (χ3n) is 5.20. The number of thiol groups is 1. The Hall–Kier alpha value is -2.32. The summed E-state index contributed by atoms with van der Waals surface area (Å²) in [5.74, 6) is 0.0806. The topological polar surface area (TPSA) is 59.6 Å². The predicted molar refractivity (Wildman–Crippen MR) is 124 cm³/mol. The molecule has 1 amide bonds. The van der Waals surface area contributed by atoms with Gasteiger partial charge in [-0.1, -0.05) is 0 Å². The van der Waals surface area contributed by atoms with Gasteiger partial charge in [-0.05, 0) is 56.2 Å². The molecule has 174 valence electrons. The number of benzene rings is 2. The van der Waals surface area contributed by atoms with Gasteiger partial charge in [0.2, 0.25) is 5.91 Å². The zero-order chi connectivity index (χ0) is 23.3. The third kappa shape index (κ3) is 6.84. The Morgan fingerprint density at radius 1 is 1.22 bits per heavy atom. The second-order valence-electron chi connectivity index (χ2n) is 8.32. The Labute approximate surface area is 193 Å². The first-order chi connectivity index (χ1) is 15.2. The molecule has 5 nitrogen and oxygen atoms in total. The molecule has 2 N–H and O–H groups in total. The molecule has 0 saturated carbocycles. The molecule has 0 unspecified atom stereocenters. The molecular weight excluding hydrogens is 434 g/mol. The second kappa shape index (κ2) is 11.0. The maximum Gasteiger partial charge on any atom is 0.217 e. The monoisotopic (exact) mass is 464 g/mol. The van der Waals surface area contributed by atoms with Crippen LogP contribution in [0.3, 0.4) is 0 Å². The molecule has 2 aromatic rings. The first-order valence-corrected chi connectivity index (χ1v) is 11.3. The lowest BCUT2D eigenvalue weighted by Crippen LogP contribution is -2.46. The molecule has 1 aliphatic rings. The van der Waals surface area contributed by atoms with Crippen LogP contribution in [-0.2, 0) is 11.2 Å². The van der Waals surface area contributed by atoms with E-state index in [0.29, 0.717) is 18.7 Å². The third-order valence-corrected chi connectivity index (χ3v) is 5.74. The summed E-state index contributed by atoms with van der Waals surface area (Å²) in [5, 5.41) is 6.08. The van der Waals surface area contributed by atoms with Crippen LogP contribution in [0.2, 0.25) is 0 Å². The van der Waals surface area contributed by atoms with Crippen molar-refractivity contribution in [1.82, 2.24) is 10.6 Å². The van der Waals surface area contributed by atoms with Crippen molar-refractivity contribution in [1.29, 1.82) is 0 Å². The summed E-state index contributed by atoms with van der Waals surface area (Å²) in [6, 6.07) is 8.81. The van der Waals surface area contributed by atoms with Crippen LogP contribution in [0.5, 0.6) is 11.5 Å². The van der Waals surface area contributed by atoms with Crippen LogP contribution >= 0.6 is 12.6 Å². The molecule has 3 rings (SSSR count). The fraction of sp³-hybridized carbons (Fsp3) is 0.458. The van der Waals surface area contributed by atoms with Gasteiger partial charge in [-0.15, -0.1) is 0 Å². The molecule has 0 spiro atoms. The van der Waals surface area contributed by atoms with E-state index in [1.807, 2.05) is 32.0 Å². The minimum Gasteiger partial charge on any atom is -0.493 e. The van der Waals surface area contributed by atoms with Crippen LogP contribution in [0.1, 0.15) is 44.4 Å². The van der Waals surface area contributed by atoms with Gasteiger partial charge in [0.15, 0.2) is 0 Å². The van der Waals surface area contributed by atoms with Crippen molar-refractivity contribution < 1.29 is 23.0 Å².